The molecule has 0 bridgehead atoms. The largest absolute Gasteiger partial charge is 0.306 e. The van der Waals surface area contributed by atoms with Gasteiger partial charge in [-0.2, -0.15) is 0 Å². The fraction of sp³-hybridized carbons (Fsp3) is 0. The highest BCUT2D eigenvalue weighted by Gasteiger charge is 2.12. The van der Waals surface area contributed by atoms with Gasteiger partial charge in [0.25, 0.3) is 5.91 Å². The molecule has 1 N–H and O–H groups in total. The van der Waals surface area contributed by atoms with Crippen LogP contribution in [-0.2, 0) is 0 Å². The van der Waals surface area contributed by atoms with Crippen molar-refractivity contribution in [1.29, 1.82) is 0 Å². The Labute approximate surface area is 194 Å². The predicted octanol–water partition coefficient (Wildman–Crippen LogP) is 6.53. The highest BCUT2D eigenvalue weighted by Crippen LogP contribution is 2.28. The third kappa shape index (κ3) is 3.77. The lowest BCUT2D eigenvalue weighted by Crippen LogP contribution is -2.12. The predicted molar refractivity (Wildman–Crippen MR) is 134 cm³/mol. The van der Waals surface area contributed by atoms with E-state index in [9.17, 15) is 4.79 Å². The number of hydrogen-bond donors (Lipinski definition) is 1. The lowest BCUT2D eigenvalue weighted by Gasteiger charge is -2.03. The van der Waals surface area contributed by atoms with Crippen molar-refractivity contribution in [2.24, 2.45) is 0 Å². The first-order chi connectivity index (χ1) is 16.2. The molecule has 0 saturated carbocycles. The molecule has 0 saturated heterocycles. The normalized spacial score (nSPS) is 11.2. The van der Waals surface area contributed by atoms with Crippen LogP contribution in [0.5, 0.6) is 0 Å². The molecule has 0 radical (unpaired) electrons. The SMILES string of the molecule is O=C(Nc1nc(-c2ccc3ccccc3c2)cs1)c1ccn2cc(-c3ccccc3)nc2c1. The smallest absolute Gasteiger partial charge is 0.257 e. The molecule has 6 aromatic rings. The second kappa shape index (κ2) is 8.00. The quantitative estimate of drug-likeness (QED) is 0.335. The van der Waals surface area contributed by atoms with Gasteiger partial charge in [-0.15, -0.1) is 11.3 Å². The van der Waals surface area contributed by atoms with E-state index in [4.69, 9.17) is 0 Å². The Morgan fingerprint density at radius 3 is 2.48 bits per heavy atom. The Kier molecular flexibility index (Phi) is 4.70. The van der Waals surface area contributed by atoms with Gasteiger partial charge < -0.3 is 4.40 Å². The van der Waals surface area contributed by atoms with E-state index in [-0.39, 0.29) is 5.91 Å². The molecule has 3 heterocycles. The molecular formula is C27H18N4OS. The average molecular weight is 447 g/mol. The summed E-state index contributed by atoms with van der Waals surface area (Å²) in [7, 11) is 0. The standard InChI is InChI=1S/C27H18N4OS/c32-26(22-12-13-31-16-23(28-25(31)15-22)19-7-2-1-3-8-19)30-27-29-24(17-33-27)21-11-10-18-6-4-5-9-20(18)14-21/h1-17H,(H,29,30,32). The summed E-state index contributed by atoms with van der Waals surface area (Å²) in [5.74, 6) is -0.207. The summed E-state index contributed by atoms with van der Waals surface area (Å²) >= 11 is 1.41. The van der Waals surface area contributed by atoms with Crippen LogP contribution in [0.2, 0.25) is 0 Å². The number of benzene rings is 3. The van der Waals surface area contributed by atoms with Crippen LogP contribution in [0, 0.1) is 0 Å². The van der Waals surface area contributed by atoms with Gasteiger partial charge >= 0.3 is 0 Å². The molecule has 0 fully saturated rings. The molecule has 5 nitrogen and oxygen atoms in total. The maximum atomic E-state index is 12.9. The lowest BCUT2D eigenvalue weighted by atomic mass is 10.1. The van der Waals surface area contributed by atoms with E-state index < -0.39 is 0 Å². The third-order valence-corrected chi connectivity index (χ3v) is 6.32. The van der Waals surface area contributed by atoms with Crippen molar-refractivity contribution >= 4 is 38.8 Å². The van der Waals surface area contributed by atoms with Crippen LogP contribution in [0.25, 0.3) is 38.9 Å². The molecule has 0 aliphatic heterocycles. The van der Waals surface area contributed by atoms with E-state index in [0.29, 0.717) is 10.7 Å². The third-order valence-electron chi connectivity index (χ3n) is 5.56. The maximum absolute atomic E-state index is 12.9. The minimum absolute atomic E-state index is 0.207. The number of hydrogen-bond acceptors (Lipinski definition) is 4. The number of carbonyl (C=O) groups is 1. The van der Waals surface area contributed by atoms with Gasteiger partial charge in [-0.05, 0) is 29.0 Å². The molecule has 0 atom stereocenters. The van der Waals surface area contributed by atoms with Gasteiger partial charge in [-0.25, -0.2) is 9.97 Å². The number of aromatic nitrogens is 3. The first kappa shape index (κ1) is 19.4. The number of imidazole rings is 1. The van der Waals surface area contributed by atoms with E-state index in [1.807, 2.05) is 64.6 Å². The summed E-state index contributed by atoms with van der Waals surface area (Å²) in [6.07, 6.45) is 3.81. The van der Waals surface area contributed by atoms with Crippen LogP contribution < -0.4 is 5.32 Å². The highest BCUT2D eigenvalue weighted by atomic mass is 32.1. The van der Waals surface area contributed by atoms with Crippen molar-refractivity contribution in [3.05, 3.63) is 108 Å². The van der Waals surface area contributed by atoms with E-state index in [0.717, 1.165) is 33.5 Å². The number of fused-ring (bicyclic) bond motifs is 2. The van der Waals surface area contributed by atoms with E-state index in [1.54, 1.807) is 12.1 Å². The van der Waals surface area contributed by atoms with Gasteiger partial charge in [0, 0.05) is 34.5 Å². The molecule has 0 spiro atoms. The molecule has 0 unspecified atom stereocenters. The maximum Gasteiger partial charge on any atom is 0.257 e. The van der Waals surface area contributed by atoms with Gasteiger partial charge in [-0.1, -0.05) is 66.7 Å². The van der Waals surface area contributed by atoms with Crippen molar-refractivity contribution in [3.63, 3.8) is 0 Å². The van der Waals surface area contributed by atoms with E-state index >= 15 is 0 Å². The monoisotopic (exact) mass is 446 g/mol. The summed E-state index contributed by atoms with van der Waals surface area (Å²) in [5, 5.41) is 7.80. The van der Waals surface area contributed by atoms with Crippen LogP contribution >= 0.6 is 11.3 Å². The Hall–Kier alpha value is -4.29. The molecule has 33 heavy (non-hydrogen) atoms. The van der Waals surface area contributed by atoms with Crippen LogP contribution in [0.4, 0.5) is 5.13 Å². The first-order valence-electron chi connectivity index (χ1n) is 10.5. The van der Waals surface area contributed by atoms with Crippen molar-refractivity contribution in [2.45, 2.75) is 0 Å². The van der Waals surface area contributed by atoms with Crippen molar-refractivity contribution < 1.29 is 4.79 Å². The van der Waals surface area contributed by atoms with Crippen LogP contribution in [0.15, 0.2) is 103 Å². The van der Waals surface area contributed by atoms with Gasteiger partial charge in [0.2, 0.25) is 0 Å². The molecule has 0 aliphatic rings. The van der Waals surface area contributed by atoms with Crippen LogP contribution in [-0.4, -0.2) is 20.3 Å². The number of nitrogens with zero attached hydrogens (tertiary/aromatic N) is 3. The number of carbonyl (C=O) groups excluding carboxylic acids is 1. The van der Waals surface area contributed by atoms with Gasteiger partial charge in [-0.3, -0.25) is 10.1 Å². The molecule has 3 aromatic heterocycles. The van der Waals surface area contributed by atoms with Crippen LogP contribution in [0.3, 0.4) is 0 Å². The molecule has 3 aromatic carbocycles. The first-order valence-corrected chi connectivity index (χ1v) is 11.4. The summed E-state index contributed by atoms with van der Waals surface area (Å²) in [6, 6.07) is 28.1. The summed E-state index contributed by atoms with van der Waals surface area (Å²) in [5.41, 5.74) is 5.03. The average Bonchev–Trinajstić information content (AvgIpc) is 3.51. The van der Waals surface area contributed by atoms with Crippen molar-refractivity contribution in [2.75, 3.05) is 5.32 Å². The number of anilines is 1. The number of amides is 1. The Bertz CT molecular complexity index is 1620. The van der Waals surface area contributed by atoms with Crippen LogP contribution in [0.1, 0.15) is 10.4 Å². The fourth-order valence-corrected chi connectivity index (χ4v) is 4.57. The molecule has 6 rings (SSSR count). The van der Waals surface area contributed by atoms with Gasteiger partial charge in [0.1, 0.15) is 5.65 Å². The minimum atomic E-state index is -0.207. The zero-order chi connectivity index (χ0) is 22.2. The molecule has 158 valence electrons. The highest BCUT2D eigenvalue weighted by molar-refractivity contribution is 7.14. The minimum Gasteiger partial charge on any atom is -0.306 e. The number of thiazole rings is 1. The molecular weight excluding hydrogens is 428 g/mol. The van der Waals surface area contributed by atoms with Crippen molar-refractivity contribution in [1.82, 2.24) is 14.4 Å². The Morgan fingerprint density at radius 2 is 1.61 bits per heavy atom. The zero-order valence-corrected chi connectivity index (χ0v) is 18.3. The number of rotatable bonds is 4. The van der Waals surface area contributed by atoms with E-state index in [2.05, 4.69) is 45.6 Å². The number of pyridine rings is 1. The Morgan fingerprint density at radius 1 is 0.788 bits per heavy atom. The molecule has 1 amide bonds. The summed E-state index contributed by atoms with van der Waals surface area (Å²) in [4.78, 5) is 22.2. The lowest BCUT2D eigenvalue weighted by molar-refractivity contribution is 0.102. The van der Waals surface area contributed by atoms with Gasteiger partial charge in [0.05, 0.1) is 11.4 Å². The Balaban J connectivity index is 1.23. The zero-order valence-electron chi connectivity index (χ0n) is 17.5. The summed E-state index contributed by atoms with van der Waals surface area (Å²) in [6.45, 7) is 0. The van der Waals surface area contributed by atoms with Gasteiger partial charge in [0.15, 0.2) is 5.13 Å². The van der Waals surface area contributed by atoms with Crippen molar-refractivity contribution in [3.8, 4) is 22.5 Å². The number of nitrogens with one attached hydrogen (secondary N) is 1. The second-order valence-corrected chi connectivity index (χ2v) is 8.59. The topological polar surface area (TPSA) is 59.3 Å². The second-order valence-electron chi connectivity index (χ2n) is 7.73. The summed E-state index contributed by atoms with van der Waals surface area (Å²) < 4.78 is 1.92. The molecule has 0 aliphatic carbocycles. The fourth-order valence-electron chi connectivity index (χ4n) is 3.85. The molecule has 6 heteroatoms. The van der Waals surface area contributed by atoms with E-state index in [1.165, 1.54) is 16.7 Å².